The standard InChI is InChI=1S/C12H10BrFN2OS/c1-16-6-10(13)11(17)15-12(16)18-7-8-2-4-9(14)5-3-8/h2-6H,7H2,1H3. The molecule has 6 heteroatoms. The van der Waals surface area contributed by atoms with Gasteiger partial charge in [0, 0.05) is 19.0 Å². The van der Waals surface area contributed by atoms with Crippen LogP contribution in [0.3, 0.4) is 0 Å². The number of thioether (sulfide) groups is 1. The van der Waals surface area contributed by atoms with Gasteiger partial charge in [-0.3, -0.25) is 4.79 Å². The first-order chi connectivity index (χ1) is 8.56. The maximum Gasteiger partial charge on any atom is 0.287 e. The quantitative estimate of drug-likeness (QED) is 0.641. The lowest BCUT2D eigenvalue weighted by molar-refractivity contribution is 0.627. The highest BCUT2D eigenvalue weighted by Crippen LogP contribution is 2.20. The Morgan fingerprint density at radius 1 is 1.39 bits per heavy atom. The molecule has 0 spiro atoms. The third-order valence-electron chi connectivity index (χ3n) is 2.29. The monoisotopic (exact) mass is 328 g/mol. The first-order valence-electron chi connectivity index (χ1n) is 5.16. The first kappa shape index (κ1) is 13.3. The van der Waals surface area contributed by atoms with Gasteiger partial charge >= 0.3 is 0 Å². The Labute approximate surface area is 116 Å². The van der Waals surface area contributed by atoms with Crippen molar-refractivity contribution in [3.05, 3.63) is 56.7 Å². The average molecular weight is 329 g/mol. The van der Waals surface area contributed by atoms with Crippen LogP contribution in [0.2, 0.25) is 0 Å². The molecular formula is C12H10BrFN2OS. The second-order valence-corrected chi connectivity index (χ2v) is 5.50. The van der Waals surface area contributed by atoms with Crippen LogP contribution in [0, 0.1) is 5.82 Å². The molecular weight excluding hydrogens is 319 g/mol. The van der Waals surface area contributed by atoms with E-state index in [2.05, 4.69) is 20.9 Å². The number of benzene rings is 1. The van der Waals surface area contributed by atoms with Gasteiger partial charge in [-0.25, -0.2) is 4.39 Å². The summed E-state index contributed by atoms with van der Waals surface area (Å²) < 4.78 is 15.0. The first-order valence-corrected chi connectivity index (χ1v) is 6.94. The Bertz CT molecular complexity index is 612. The molecule has 0 amide bonds. The van der Waals surface area contributed by atoms with E-state index in [1.165, 1.54) is 23.9 Å². The zero-order chi connectivity index (χ0) is 13.1. The summed E-state index contributed by atoms with van der Waals surface area (Å²) in [6.45, 7) is 0. The van der Waals surface area contributed by atoms with Gasteiger partial charge < -0.3 is 4.57 Å². The van der Waals surface area contributed by atoms with Crippen LogP contribution in [0.5, 0.6) is 0 Å². The molecule has 0 saturated carbocycles. The van der Waals surface area contributed by atoms with E-state index in [0.29, 0.717) is 15.4 Å². The fourth-order valence-corrected chi connectivity index (χ4v) is 2.65. The fraction of sp³-hybridized carbons (Fsp3) is 0.167. The molecule has 0 aliphatic rings. The molecule has 0 bridgehead atoms. The molecule has 94 valence electrons. The van der Waals surface area contributed by atoms with E-state index in [1.54, 1.807) is 22.9 Å². The molecule has 0 saturated heterocycles. The molecule has 1 aromatic heterocycles. The number of hydrogen-bond donors (Lipinski definition) is 0. The zero-order valence-electron chi connectivity index (χ0n) is 9.56. The van der Waals surface area contributed by atoms with E-state index >= 15 is 0 Å². The van der Waals surface area contributed by atoms with E-state index < -0.39 is 0 Å². The molecule has 0 atom stereocenters. The highest BCUT2D eigenvalue weighted by Gasteiger charge is 2.05. The largest absolute Gasteiger partial charge is 0.329 e. The predicted molar refractivity (Wildman–Crippen MR) is 73.1 cm³/mol. The van der Waals surface area contributed by atoms with Crippen molar-refractivity contribution in [1.82, 2.24) is 9.55 Å². The molecule has 0 fully saturated rings. The molecule has 0 unspecified atom stereocenters. The van der Waals surface area contributed by atoms with E-state index in [0.717, 1.165) is 5.56 Å². The van der Waals surface area contributed by atoms with Crippen molar-refractivity contribution in [3.63, 3.8) is 0 Å². The molecule has 0 aliphatic carbocycles. The normalized spacial score (nSPS) is 10.6. The van der Waals surface area contributed by atoms with Gasteiger partial charge in [-0.15, -0.1) is 0 Å². The Hall–Kier alpha value is -1.14. The van der Waals surface area contributed by atoms with Crippen LogP contribution in [0.4, 0.5) is 4.39 Å². The molecule has 0 radical (unpaired) electrons. The minimum Gasteiger partial charge on any atom is -0.329 e. The third-order valence-corrected chi connectivity index (χ3v) is 3.95. The summed E-state index contributed by atoms with van der Waals surface area (Å²) in [4.78, 5) is 15.4. The van der Waals surface area contributed by atoms with Crippen molar-refractivity contribution in [1.29, 1.82) is 0 Å². The lowest BCUT2D eigenvalue weighted by Crippen LogP contribution is -2.13. The molecule has 18 heavy (non-hydrogen) atoms. The van der Waals surface area contributed by atoms with Gasteiger partial charge in [0.05, 0.1) is 0 Å². The number of aromatic nitrogens is 2. The number of hydrogen-bond acceptors (Lipinski definition) is 3. The number of nitrogens with zero attached hydrogens (tertiary/aromatic N) is 2. The van der Waals surface area contributed by atoms with Gasteiger partial charge in [-0.1, -0.05) is 23.9 Å². The topological polar surface area (TPSA) is 34.9 Å². The molecule has 1 heterocycles. The minimum absolute atomic E-state index is 0.252. The molecule has 0 N–H and O–H groups in total. The van der Waals surface area contributed by atoms with Crippen LogP contribution in [-0.4, -0.2) is 9.55 Å². The maximum atomic E-state index is 12.7. The second-order valence-electron chi connectivity index (χ2n) is 3.70. The number of halogens is 2. The molecule has 1 aromatic carbocycles. The maximum absolute atomic E-state index is 12.7. The highest BCUT2D eigenvalue weighted by molar-refractivity contribution is 9.10. The Balaban J connectivity index is 2.13. The van der Waals surface area contributed by atoms with Gasteiger partial charge in [-0.05, 0) is 33.6 Å². The molecule has 0 aliphatic heterocycles. The molecule has 2 aromatic rings. The van der Waals surface area contributed by atoms with E-state index in [9.17, 15) is 9.18 Å². The fourth-order valence-electron chi connectivity index (χ4n) is 1.36. The van der Waals surface area contributed by atoms with Crippen LogP contribution < -0.4 is 5.56 Å². The lowest BCUT2D eigenvalue weighted by atomic mass is 10.2. The van der Waals surface area contributed by atoms with Crippen LogP contribution in [-0.2, 0) is 12.8 Å². The summed E-state index contributed by atoms with van der Waals surface area (Å²) in [6, 6.07) is 6.28. The van der Waals surface area contributed by atoms with Crippen molar-refractivity contribution in [2.45, 2.75) is 10.9 Å². The summed E-state index contributed by atoms with van der Waals surface area (Å²) in [5.74, 6) is 0.389. The molecule has 3 nitrogen and oxygen atoms in total. The van der Waals surface area contributed by atoms with Gasteiger partial charge in [0.2, 0.25) is 0 Å². The minimum atomic E-state index is -0.283. The molecule has 2 rings (SSSR count). The predicted octanol–water partition coefficient (Wildman–Crippen LogP) is 2.97. The highest BCUT2D eigenvalue weighted by atomic mass is 79.9. The van der Waals surface area contributed by atoms with E-state index in [-0.39, 0.29) is 11.4 Å². The lowest BCUT2D eigenvalue weighted by Gasteiger charge is -2.07. The van der Waals surface area contributed by atoms with Crippen LogP contribution in [0.15, 0.2) is 44.9 Å². The summed E-state index contributed by atoms with van der Waals surface area (Å²) >= 11 is 4.57. The van der Waals surface area contributed by atoms with Gasteiger partial charge in [0.15, 0.2) is 5.16 Å². The Morgan fingerprint density at radius 2 is 2.06 bits per heavy atom. The smallest absolute Gasteiger partial charge is 0.287 e. The van der Waals surface area contributed by atoms with E-state index in [1.807, 2.05) is 7.05 Å². The van der Waals surface area contributed by atoms with Gasteiger partial charge in [-0.2, -0.15) is 4.98 Å². The van der Waals surface area contributed by atoms with Crippen LogP contribution >= 0.6 is 27.7 Å². The number of rotatable bonds is 3. The van der Waals surface area contributed by atoms with Gasteiger partial charge in [0.1, 0.15) is 10.3 Å². The average Bonchev–Trinajstić information content (AvgIpc) is 2.34. The summed E-state index contributed by atoms with van der Waals surface area (Å²) in [7, 11) is 1.82. The van der Waals surface area contributed by atoms with Crippen molar-refractivity contribution < 1.29 is 4.39 Å². The Kier molecular flexibility index (Phi) is 4.19. The SMILES string of the molecule is Cn1cc(Br)c(=O)nc1SCc1ccc(F)cc1. The van der Waals surface area contributed by atoms with Crippen molar-refractivity contribution >= 4 is 27.7 Å². The van der Waals surface area contributed by atoms with Crippen LogP contribution in [0.25, 0.3) is 0 Å². The number of aryl methyl sites for hydroxylation is 1. The third kappa shape index (κ3) is 3.20. The van der Waals surface area contributed by atoms with E-state index in [4.69, 9.17) is 0 Å². The van der Waals surface area contributed by atoms with Crippen molar-refractivity contribution in [2.75, 3.05) is 0 Å². The summed E-state index contributed by atoms with van der Waals surface area (Å²) in [5.41, 5.74) is 0.702. The van der Waals surface area contributed by atoms with Crippen LogP contribution in [0.1, 0.15) is 5.56 Å². The second kappa shape index (κ2) is 5.67. The van der Waals surface area contributed by atoms with Gasteiger partial charge in [0.25, 0.3) is 5.56 Å². The summed E-state index contributed by atoms with van der Waals surface area (Å²) in [5, 5.41) is 0.632. The van der Waals surface area contributed by atoms with Crippen molar-refractivity contribution in [3.8, 4) is 0 Å². The Morgan fingerprint density at radius 3 is 2.72 bits per heavy atom. The van der Waals surface area contributed by atoms with Crippen molar-refractivity contribution in [2.24, 2.45) is 7.05 Å². The zero-order valence-corrected chi connectivity index (χ0v) is 12.0. The summed E-state index contributed by atoms with van der Waals surface area (Å²) in [6.07, 6.45) is 1.68.